The molecule has 0 aliphatic rings. The van der Waals surface area contributed by atoms with Gasteiger partial charge in [0.15, 0.2) is 0 Å². The number of nitrogens with zero attached hydrogens (tertiary/aromatic N) is 1. The smallest absolute Gasteiger partial charge is 0.128 e. The van der Waals surface area contributed by atoms with Gasteiger partial charge in [-0.25, -0.2) is 0 Å². The van der Waals surface area contributed by atoms with Crippen LogP contribution < -0.4 is 0 Å². The van der Waals surface area contributed by atoms with Crippen molar-refractivity contribution >= 4 is 6.29 Å². The lowest BCUT2D eigenvalue weighted by molar-refractivity contribution is -0.108. The van der Waals surface area contributed by atoms with E-state index in [1.165, 1.54) is 0 Å². The summed E-state index contributed by atoms with van der Waals surface area (Å²) in [5.41, 5.74) is 2.98. The molecule has 0 aliphatic carbocycles. The van der Waals surface area contributed by atoms with Crippen LogP contribution in [0.25, 0.3) is 0 Å². The molecule has 0 saturated carbocycles. The number of carbonyl (C=O) groups is 1. The lowest BCUT2D eigenvalue weighted by Gasteiger charge is -1.98. The fraction of sp³-hybridized carbons (Fsp3) is 0.500. The molecule has 0 fully saturated rings. The maximum Gasteiger partial charge on any atom is 0.128 e. The maximum absolute atomic E-state index is 10.4. The third kappa shape index (κ3) is 1.31. The minimum absolute atomic E-state index is 0.0973. The highest BCUT2D eigenvalue weighted by Gasteiger charge is 2.11. The lowest BCUT2D eigenvalue weighted by atomic mass is 10.1. The van der Waals surface area contributed by atoms with Gasteiger partial charge in [-0.1, -0.05) is 6.92 Å². The first kappa shape index (κ1) is 7.98. The molecule has 1 heterocycles. The third-order valence-electron chi connectivity index (χ3n) is 1.93. The van der Waals surface area contributed by atoms with Crippen LogP contribution in [0, 0.1) is 13.8 Å². The van der Waals surface area contributed by atoms with Gasteiger partial charge in [0.2, 0.25) is 0 Å². The summed E-state index contributed by atoms with van der Waals surface area (Å²) in [6.07, 6.45) is 0.905. The van der Waals surface area contributed by atoms with Crippen LogP contribution in [0.15, 0.2) is 0 Å². The quantitative estimate of drug-likeness (QED) is 0.650. The molecule has 1 rings (SSSR count). The monoisotopic (exact) mass is 152 g/mol. The van der Waals surface area contributed by atoms with Crippen LogP contribution in [0.4, 0.5) is 0 Å². The van der Waals surface area contributed by atoms with E-state index < -0.39 is 0 Å². The number of rotatable bonds is 2. The number of aromatic amines is 1. The molecule has 0 aromatic carbocycles. The van der Waals surface area contributed by atoms with E-state index in [1.54, 1.807) is 0 Å². The summed E-state index contributed by atoms with van der Waals surface area (Å²) in [6, 6.07) is 0. The van der Waals surface area contributed by atoms with Gasteiger partial charge in [0.05, 0.1) is 11.6 Å². The Bertz CT molecular complexity index is 265. The largest absolute Gasteiger partial charge is 0.303 e. The Balaban J connectivity index is 3.03. The number of H-pyrrole nitrogens is 1. The first-order valence-corrected chi connectivity index (χ1v) is 3.63. The molecule has 0 aliphatic heterocycles. The molecule has 11 heavy (non-hydrogen) atoms. The van der Waals surface area contributed by atoms with E-state index in [-0.39, 0.29) is 5.92 Å². The Morgan fingerprint density at radius 1 is 1.55 bits per heavy atom. The standard InChI is InChI=1S/C8H12N2O/c1-5(4-11)8-6(2)7(3)9-10-8/h4-5H,1-3H3,(H,9,10). The average Bonchev–Trinajstić information content (AvgIpc) is 2.32. The molecule has 0 amide bonds. The second-order valence-corrected chi connectivity index (χ2v) is 2.78. The molecular weight excluding hydrogens is 140 g/mol. The summed E-state index contributed by atoms with van der Waals surface area (Å²) >= 11 is 0. The molecule has 0 saturated heterocycles. The Morgan fingerprint density at radius 2 is 2.18 bits per heavy atom. The predicted octanol–water partition coefficient (Wildman–Crippen LogP) is 1.33. The van der Waals surface area contributed by atoms with Crippen LogP contribution in [0.3, 0.4) is 0 Å². The fourth-order valence-electron chi connectivity index (χ4n) is 1.01. The Hall–Kier alpha value is -1.12. The Kier molecular flexibility index (Phi) is 2.08. The number of nitrogens with one attached hydrogen (secondary N) is 1. The van der Waals surface area contributed by atoms with E-state index >= 15 is 0 Å². The van der Waals surface area contributed by atoms with Crippen LogP contribution in [0.5, 0.6) is 0 Å². The molecule has 1 atom stereocenters. The van der Waals surface area contributed by atoms with Crippen molar-refractivity contribution in [3.63, 3.8) is 0 Å². The maximum atomic E-state index is 10.4. The van der Waals surface area contributed by atoms with Crippen molar-refractivity contribution in [3.8, 4) is 0 Å². The number of hydrogen-bond acceptors (Lipinski definition) is 2. The van der Waals surface area contributed by atoms with Crippen molar-refractivity contribution in [1.82, 2.24) is 10.2 Å². The highest BCUT2D eigenvalue weighted by Crippen LogP contribution is 2.16. The molecule has 0 radical (unpaired) electrons. The fourth-order valence-corrected chi connectivity index (χ4v) is 1.01. The number of aldehydes is 1. The van der Waals surface area contributed by atoms with Gasteiger partial charge in [-0.15, -0.1) is 0 Å². The van der Waals surface area contributed by atoms with E-state index in [0.717, 1.165) is 23.2 Å². The van der Waals surface area contributed by atoms with Crippen molar-refractivity contribution in [3.05, 3.63) is 17.0 Å². The summed E-state index contributed by atoms with van der Waals surface area (Å²) in [7, 11) is 0. The zero-order chi connectivity index (χ0) is 8.43. The summed E-state index contributed by atoms with van der Waals surface area (Å²) < 4.78 is 0. The predicted molar refractivity (Wildman–Crippen MR) is 42.5 cm³/mol. The van der Waals surface area contributed by atoms with E-state index in [1.807, 2.05) is 20.8 Å². The highest BCUT2D eigenvalue weighted by molar-refractivity contribution is 5.61. The molecule has 1 aromatic heterocycles. The number of aromatic nitrogens is 2. The van der Waals surface area contributed by atoms with Gasteiger partial charge in [0.1, 0.15) is 6.29 Å². The average molecular weight is 152 g/mol. The van der Waals surface area contributed by atoms with Crippen molar-refractivity contribution in [2.24, 2.45) is 0 Å². The van der Waals surface area contributed by atoms with E-state index in [9.17, 15) is 4.79 Å². The molecule has 0 spiro atoms. The zero-order valence-corrected chi connectivity index (χ0v) is 7.01. The molecule has 1 aromatic rings. The molecule has 1 N–H and O–H groups in total. The van der Waals surface area contributed by atoms with Gasteiger partial charge in [-0.3, -0.25) is 5.10 Å². The second-order valence-electron chi connectivity index (χ2n) is 2.78. The van der Waals surface area contributed by atoms with Gasteiger partial charge in [0.25, 0.3) is 0 Å². The summed E-state index contributed by atoms with van der Waals surface area (Å²) in [5.74, 6) is -0.0973. The van der Waals surface area contributed by atoms with Crippen LogP contribution in [-0.2, 0) is 4.79 Å². The Labute approximate surface area is 65.8 Å². The summed E-state index contributed by atoms with van der Waals surface area (Å²) in [4.78, 5) is 10.4. The molecule has 3 nitrogen and oxygen atoms in total. The van der Waals surface area contributed by atoms with E-state index in [4.69, 9.17) is 0 Å². The van der Waals surface area contributed by atoms with Gasteiger partial charge in [0, 0.05) is 5.69 Å². The minimum Gasteiger partial charge on any atom is -0.303 e. The minimum atomic E-state index is -0.0973. The van der Waals surface area contributed by atoms with Gasteiger partial charge < -0.3 is 4.79 Å². The van der Waals surface area contributed by atoms with Crippen LogP contribution in [-0.4, -0.2) is 16.5 Å². The lowest BCUT2D eigenvalue weighted by Crippen LogP contribution is -1.96. The van der Waals surface area contributed by atoms with Crippen molar-refractivity contribution in [1.29, 1.82) is 0 Å². The van der Waals surface area contributed by atoms with Gasteiger partial charge in [-0.2, -0.15) is 5.10 Å². The van der Waals surface area contributed by atoms with Crippen molar-refractivity contribution < 1.29 is 4.79 Å². The first-order valence-electron chi connectivity index (χ1n) is 3.63. The molecule has 1 unspecified atom stereocenters. The number of aryl methyl sites for hydroxylation is 1. The SMILES string of the molecule is Cc1[nH]nc(C(C)C=O)c1C. The van der Waals surface area contributed by atoms with Crippen LogP contribution in [0.2, 0.25) is 0 Å². The van der Waals surface area contributed by atoms with E-state index in [0.29, 0.717) is 0 Å². The molecular formula is C8H12N2O. The Morgan fingerprint density at radius 3 is 2.55 bits per heavy atom. The topological polar surface area (TPSA) is 45.8 Å². The van der Waals surface area contributed by atoms with Crippen molar-refractivity contribution in [2.75, 3.05) is 0 Å². The molecule has 0 bridgehead atoms. The van der Waals surface area contributed by atoms with Gasteiger partial charge >= 0.3 is 0 Å². The van der Waals surface area contributed by atoms with Crippen LogP contribution >= 0.6 is 0 Å². The number of carbonyl (C=O) groups excluding carboxylic acids is 1. The highest BCUT2D eigenvalue weighted by atomic mass is 16.1. The summed E-state index contributed by atoms with van der Waals surface area (Å²) in [5, 5.41) is 6.87. The summed E-state index contributed by atoms with van der Waals surface area (Å²) in [6.45, 7) is 5.76. The third-order valence-corrected chi connectivity index (χ3v) is 1.93. The first-order chi connectivity index (χ1) is 5.16. The number of hydrogen-bond donors (Lipinski definition) is 1. The zero-order valence-electron chi connectivity index (χ0n) is 7.01. The van der Waals surface area contributed by atoms with E-state index in [2.05, 4.69) is 10.2 Å². The molecule has 60 valence electrons. The van der Waals surface area contributed by atoms with Gasteiger partial charge in [-0.05, 0) is 19.4 Å². The molecule has 3 heteroatoms. The van der Waals surface area contributed by atoms with Crippen molar-refractivity contribution in [2.45, 2.75) is 26.7 Å². The van der Waals surface area contributed by atoms with Crippen LogP contribution in [0.1, 0.15) is 29.8 Å². The normalized spacial score (nSPS) is 13.0. The second kappa shape index (κ2) is 2.86.